The smallest absolute Gasteiger partial charge is 0.236 e. The van der Waals surface area contributed by atoms with Gasteiger partial charge in [0.05, 0.1) is 6.54 Å². The van der Waals surface area contributed by atoms with Gasteiger partial charge in [-0.1, -0.05) is 25.1 Å². The molecule has 0 spiro atoms. The molecule has 4 rings (SSSR count). The summed E-state index contributed by atoms with van der Waals surface area (Å²) >= 11 is 0. The van der Waals surface area contributed by atoms with Crippen molar-refractivity contribution in [3.8, 4) is 0 Å². The Bertz CT molecular complexity index is 745. The van der Waals surface area contributed by atoms with E-state index in [4.69, 9.17) is 0 Å². The van der Waals surface area contributed by atoms with Crippen molar-refractivity contribution in [3.05, 3.63) is 35.5 Å². The Morgan fingerprint density at radius 3 is 2.68 bits per heavy atom. The summed E-state index contributed by atoms with van der Waals surface area (Å²) in [5, 5.41) is 1.34. The first kappa shape index (κ1) is 16.6. The summed E-state index contributed by atoms with van der Waals surface area (Å²) in [6, 6.07) is 8.51. The molecule has 5 heteroatoms. The SMILES string of the molecule is CCCN1CCN(C(=O)CN2CCc3c([nH]c4ccccc34)C2)CC1. The number of carbonyl (C=O) groups is 1. The molecule has 0 atom stereocenters. The number of aromatic nitrogens is 1. The fourth-order valence-electron chi connectivity index (χ4n) is 4.21. The molecule has 0 bridgehead atoms. The lowest BCUT2D eigenvalue weighted by molar-refractivity contribution is -0.134. The monoisotopic (exact) mass is 340 g/mol. The summed E-state index contributed by atoms with van der Waals surface area (Å²) < 4.78 is 0. The minimum atomic E-state index is 0.288. The van der Waals surface area contributed by atoms with Gasteiger partial charge in [0.2, 0.25) is 5.91 Å². The summed E-state index contributed by atoms with van der Waals surface area (Å²) in [6.07, 6.45) is 2.21. The van der Waals surface area contributed by atoms with Gasteiger partial charge in [-0.3, -0.25) is 14.6 Å². The van der Waals surface area contributed by atoms with Crippen LogP contribution in [0, 0.1) is 0 Å². The van der Waals surface area contributed by atoms with Crippen molar-refractivity contribution >= 4 is 16.8 Å². The van der Waals surface area contributed by atoms with Crippen LogP contribution in [-0.4, -0.2) is 71.4 Å². The van der Waals surface area contributed by atoms with Gasteiger partial charge in [0, 0.05) is 55.9 Å². The molecule has 0 radical (unpaired) electrons. The lowest BCUT2D eigenvalue weighted by atomic mass is 10.0. The molecular weight excluding hydrogens is 312 g/mol. The predicted molar refractivity (Wildman–Crippen MR) is 101 cm³/mol. The molecule has 1 aromatic heterocycles. The normalized spacial score (nSPS) is 19.3. The molecule has 2 aromatic rings. The third-order valence-electron chi connectivity index (χ3n) is 5.59. The Labute approximate surface area is 149 Å². The van der Waals surface area contributed by atoms with E-state index in [0.717, 1.165) is 52.2 Å². The van der Waals surface area contributed by atoms with Gasteiger partial charge in [-0.25, -0.2) is 0 Å². The van der Waals surface area contributed by atoms with E-state index < -0.39 is 0 Å². The van der Waals surface area contributed by atoms with E-state index in [9.17, 15) is 4.79 Å². The molecule has 1 N–H and O–H groups in total. The molecule has 0 aliphatic carbocycles. The number of amides is 1. The first-order valence-electron chi connectivity index (χ1n) is 9.55. The van der Waals surface area contributed by atoms with E-state index in [1.165, 1.54) is 28.6 Å². The van der Waals surface area contributed by atoms with Crippen molar-refractivity contribution in [2.75, 3.05) is 45.8 Å². The third kappa shape index (κ3) is 3.44. The number of carbonyl (C=O) groups excluding carboxylic acids is 1. The average Bonchev–Trinajstić information content (AvgIpc) is 3.00. The van der Waals surface area contributed by atoms with Crippen LogP contribution >= 0.6 is 0 Å². The number of hydrogen-bond donors (Lipinski definition) is 1. The highest BCUT2D eigenvalue weighted by molar-refractivity contribution is 5.85. The second-order valence-electron chi connectivity index (χ2n) is 7.31. The first-order valence-corrected chi connectivity index (χ1v) is 9.55. The maximum atomic E-state index is 12.7. The number of nitrogens with one attached hydrogen (secondary N) is 1. The molecule has 25 heavy (non-hydrogen) atoms. The maximum Gasteiger partial charge on any atom is 0.236 e. The van der Waals surface area contributed by atoms with Gasteiger partial charge >= 0.3 is 0 Å². The first-order chi connectivity index (χ1) is 12.2. The summed E-state index contributed by atoms with van der Waals surface area (Å²) in [5.41, 5.74) is 3.94. The zero-order valence-electron chi connectivity index (χ0n) is 15.1. The number of aromatic amines is 1. The number of H-pyrrole nitrogens is 1. The fourth-order valence-corrected chi connectivity index (χ4v) is 4.21. The summed E-state index contributed by atoms with van der Waals surface area (Å²) in [6.45, 7) is 9.53. The number of hydrogen-bond acceptors (Lipinski definition) is 3. The van der Waals surface area contributed by atoms with E-state index in [-0.39, 0.29) is 5.91 Å². The highest BCUT2D eigenvalue weighted by atomic mass is 16.2. The van der Waals surface area contributed by atoms with Crippen molar-refractivity contribution in [3.63, 3.8) is 0 Å². The van der Waals surface area contributed by atoms with Crippen LogP contribution in [0.5, 0.6) is 0 Å². The zero-order chi connectivity index (χ0) is 17.2. The van der Waals surface area contributed by atoms with Crippen LogP contribution in [0.15, 0.2) is 24.3 Å². The van der Waals surface area contributed by atoms with Gasteiger partial charge in [-0.15, -0.1) is 0 Å². The number of rotatable bonds is 4. The number of nitrogens with zero attached hydrogens (tertiary/aromatic N) is 3. The number of benzene rings is 1. The zero-order valence-corrected chi connectivity index (χ0v) is 15.1. The van der Waals surface area contributed by atoms with E-state index >= 15 is 0 Å². The minimum Gasteiger partial charge on any atom is -0.357 e. The summed E-state index contributed by atoms with van der Waals surface area (Å²) in [4.78, 5) is 23.0. The molecule has 0 unspecified atom stereocenters. The number of piperazine rings is 1. The average molecular weight is 340 g/mol. The molecule has 1 aromatic carbocycles. The van der Waals surface area contributed by atoms with Gasteiger partial charge in [-0.05, 0) is 31.0 Å². The minimum absolute atomic E-state index is 0.288. The summed E-state index contributed by atoms with van der Waals surface area (Å²) in [7, 11) is 0. The highest BCUT2D eigenvalue weighted by Gasteiger charge is 2.25. The topological polar surface area (TPSA) is 42.6 Å². The Balaban J connectivity index is 1.35. The van der Waals surface area contributed by atoms with Crippen LogP contribution in [0.3, 0.4) is 0 Å². The van der Waals surface area contributed by atoms with Crippen molar-refractivity contribution in [2.24, 2.45) is 0 Å². The molecule has 5 nitrogen and oxygen atoms in total. The standard InChI is InChI=1S/C20H28N4O/c1-2-8-22-10-12-24(13-11-22)20(25)15-23-9-7-17-16-5-3-4-6-18(16)21-19(17)14-23/h3-6,21H,2,7-15H2,1H3. The van der Waals surface area contributed by atoms with E-state index in [1.54, 1.807) is 0 Å². The van der Waals surface area contributed by atoms with E-state index in [2.05, 4.69) is 46.0 Å². The fraction of sp³-hybridized carbons (Fsp3) is 0.550. The van der Waals surface area contributed by atoms with E-state index in [0.29, 0.717) is 6.54 Å². The number of para-hydroxylation sites is 1. The molecule has 1 fully saturated rings. The molecule has 134 valence electrons. The molecular formula is C20H28N4O. The lowest BCUT2D eigenvalue weighted by Crippen LogP contribution is -2.51. The quantitative estimate of drug-likeness (QED) is 0.927. The van der Waals surface area contributed by atoms with Crippen LogP contribution in [0.1, 0.15) is 24.6 Å². The Kier molecular flexibility index (Phi) is 4.77. The molecule has 1 amide bonds. The third-order valence-corrected chi connectivity index (χ3v) is 5.59. The van der Waals surface area contributed by atoms with Gasteiger partial charge in [0.25, 0.3) is 0 Å². The molecule has 2 aliphatic heterocycles. The summed E-state index contributed by atoms with van der Waals surface area (Å²) in [5.74, 6) is 0.288. The van der Waals surface area contributed by atoms with Crippen molar-refractivity contribution in [1.29, 1.82) is 0 Å². The van der Waals surface area contributed by atoms with Crippen molar-refractivity contribution < 1.29 is 4.79 Å². The molecule has 1 saturated heterocycles. The lowest BCUT2D eigenvalue weighted by Gasteiger charge is -2.36. The van der Waals surface area contributed by atoms with E-state index in [1.807, 2.05) is 4.90 Å². The largest absolute Gasteiger partial charge is 0.357 e. The molecule has 3 heterocycles. The Morgan fingerprint density at radius 2 is 1.88 bits per heavy atom. The van der Waals surface area contributed by atoms with Gasteiger partial charge < -0.3 is 9.88 Å². The Morgan fingerprint density at radius 1 is 1.08 bits per heavy atom. The second kappa shape index (κ2) is 7.18. The van der Waals surface area contributed by atoms with Gasteiger partial charge in [0.1, 0.15) is 0 Å². The number of fused-ring (bicyclic) bond motifs is 3. The van der Waals surface area contributed by atoms with Gasteiger partial charge in [-0.2, -0.15) is 0 Å². The maximum absolute atomic E-state index is 12.7. The van der Waals surface area contributed by atoms with Crippen LogP contribution in [0.4, 0.5) is 0 Å². The van der Waals surface area contributed by atoms with Crippen LogP contribution < -0.4 is 0 Å². The van der Waals surface area contributed by atoms with Crippen LogP contribution in [-0.2, 0) is 17.8 Å². The predicted octanol–water partition coefficient (Wildman–Crippen LogP) is 2.08. The second-order valence-corrected chi connectivity index (χ2v) is 7.31. The molecule has 2 aliphatic rings. The molecule has 0 saturated carbocycles. The van der Waals surface area contributed by atoms with Crippen LogP contribution in [0.2, 0.25) is 0 Å². The van der Waals surface area contributed by atoms with Gasteiger partial charge in [0.15, 0.2) is 0 Å². The van der Waals surface area contributed by atoms with Crippen molar-refractivity contribution in [2.45, 2.75) is 26.3 Å². The highest BCUT2D eigenvalue weighted by Crippen LogP contribution is 2.27. The van der Waals surface area contributed by atoms with Crippen molar-refractivity contribution in [1.82, 2.24) is 19.7 Å². The Hall–Kier alpha value is -1.85. The van der Waals surface area contributed by atoms with Crippen LogP contribution in [0.25, 0.3) is 10.9 Å².